The Hall–Kier alpha value is -0.610. The Morgan fingerprint density at radius 2 is 1.62 bits per heavy atom. The summed E-state index contributed by atoms with van der Waals surface area (Å²) in [6.07, 6.45) is 6.18. The van der Waals surface area contributed by atoms with E-state index >= 15 is 0 Å². The van der Waals surface area contributed by atoms with Crippen molar-refractivity contribution in [1.29, 1.82) is 0 Å². The molecule has 1 amide bonds. The third-order valence-electron chi connectivity index (χ3n) is 6.82. The number of halogens is 1. The minimum Gasteiger partial charge on any atom is -0.356 e. The fraction of sp³-hybridized carbons (Fsp3) is 0.905. The lowest BCUT2D eigenvalue weighted by Crippen LogP contribution is -2.57. The molecule has 3 aliphatic rings. The molecule has 0 aromatic rings. The van der Waals surface area contributed by atoms with Crippen LogP contribution in [0.1, 0.15) is 39.0 Å². The van der Waals surface area contributed by atoms with Crippen molar-refractivity contribution in [2.45, 2.75) is 45.1 Å². The van der Waals surface area contributed by atoms with Crippen molar-refractivity contribution in [3.05, 3.63) is 0 Å². The van der Waals surface area contributed by atoms with Crippen molar-refractivity contribution in [2.75, 3.05) is 73.0 Å². The molecule has 1 atom stereocenters. The molecule has 0 spiro atoms. The number of hydrogen-bond acceptors (Lipinski definition) is 4. The maximum absolute atomic E-state index is 12.7. The summed E-state index contributed by atoms with van der Waals surface area (Å²) in [4.78, 5) is 26.3. The molecule has 0 aliphatic carbocycles. The molecule has 3 heterocycles. The van der Waals surface area contributed by atoms with E-state index in [-0.39, 0.29) is 30.0 Å². The topological polar surface area (TPSA) is 54.4 Å². The number of rotatable bonds is 5. The Kier molecular flexibility index (Phi) is 10.5. The second-order valence-electron chi connectivity index (χ2n) is 8.74. The minimum atomic E-state index is -0.000317. The Balaban J connectivity index is 0.00000300. The SMILES string of the molecule is CN=C(NCCC1CCN(C)CC1)N1CCN(C(C)C(=O)N2CCCC2)CC1.I. The smallest absolute Gasteiger partial charge is 0.239 e. The zero-order chi connectivity index (χ0) is 19.9. The molecule has 29 heavy (non-hydrogen) atoms. The molecule has 3 rings (SSSR count). The van der Waals surface area contributed by atoms with Crippen molar-refractivity contribution in [1.82, 2.24) is 24.9 Å². The summed E-state index contributed by atoms with van der Waals surface area (Å²) >= 11 is 0. The van der Waals surface area contributed by atoms with Crippen LogP contribution in [0, 0.1) is 5.92 Å². The van der Waals surface area contributed by atoms with E-state index in [1.807, 2.05) is 11.9 Å². The Bertz CT molecular complexity index is 523. The molecule has 1 unspecified atom stereocenters. The number of carbonyl (C=O) groups excluding carboxylic acids is 1. The lowest BCUT2D eigenvalue weighted by Gasteiger charge is -2.39. The highest BCUT2D eigenvalue weighted by atomic mass is 127. The summed E-state index contributed by atoms with van der Waals surface area (Å²) in [5.74, 6) is 2.17. The first kappa shape index (κ1) is 24.7. The fourth-order valence-corrected chi connectivity index (χ4v) is 4.75. The molecular weight excluding hydrogens is 479 g/mol. The number of amides is 1. The van der Waals surface area contributed by atoms with Gasteiger partial charge in [-0.2, -0.15) is 0 Å². The molecule has 3 aliphatic heterocycles. The number of likely N-dealkylation sites (tertiary alicyclic amines) is 2. The van der Waals surface area contributed by atoms with Gasteiger partial charge in [0, 0.05) is 52.9 Å². The van der Waals surface area contributed by atoms with E-state index in [1.165, 1.54) is 32.4 Å². The van der Waals surface area contributed by atoms with Crippen LogP contribution >= 0.6 is 24.0 Å². The Morgan fingerprint density at radius 3 is 2.21 bits per heavy atom. The van der Waals surface area contributed by atoms with Crippen LogP contribution < -0.4 is 5.32 Å². The highest BCUT2D eigenvalue weighted by Crippen LogP contribution is 2.19. The van der Waals surface area contributed by atoms with Crippen molar-refractivity contribution in [2.24, 2.45) is 10.9 Å². The van der Waals surface area contributed by atoms with Crippen LogP contribution in [0.4, 0.5) is 0 Å². The van der Waals surface area contributed by atoms with Gasteiger partial charge in [0.05, 0.1) is 6.04 Å². The second kappa shape index (κ2) is 12.3. The monoisotopic (exact) mass is 520 g/mol. The molecule has 1 N–H and O–H groups in total. The number of hydrogen-bond donors (Lipinski definition) is 1. The molecule has 0 bridgehead atoms. The van der Waals surface area contributed by atoms with Crippen molar-refractivity contribution in [3.63, 3.8) is 0 Å². The van der Waals surface area contributed by atoms with Crippen LogP contribution in [0.25, 0.3) is 0 Å². The largest absolute Gasteiger partial charge is 0.356 e. The first-order valence-electron chi connectivity index (χ1n) is 11.3. The van der Waals surface area contributed by atoms with Gasteiger partial charge in [-0.15, -0.1) is 24.0 Å². The van der Waals surface area contributed by atoms with Gasteiger partial charge in [-0.3, -0.25) is 14.7 Å². The first-order valence-corrected chi connectivity index (χ1v) is 11.3. The molecule has 0 saturated carbocycles. The summed E-state index contributed by atoms with van der Waals surface area (Å²) in [5.41, 5.74) is 0. The zero-order valence-electron chi connectivity index (χ0n) is 18.6. The van der Waals surface area contributed by atoms with Crippen LogP contribution in [-0.2, 0) is 4.79 Å². The summed E-state index contributed by atoms with van der Waals surface area (Å²) in [5, 5.41) is 3.58. The molecule has 0 aromatic heterocycles. The maximum Gasteiger partial charge on any atom is 0.239 e. The predicted molar refractivity (Wildman–Crippen MR) is 130 cm³/mol. The van der Waals surface area contributed by atoms with E-state index in [0.717, 1.165) is 70.5 Å². The van der Waals surface area contributed by atoms with E-state index in [2.05, 4.69) is 39.0 Å². The summed E-state index contributed by atoms with van der Waals surface area (Å²) < 4.78 is 0. The Labute approximate surface area is 194 Å². The number of nitrogens with one attached hydrogen (secondary N) is 1. The highest BCUT2D eigenvalue weighted by molar-refractivity contribution is 14.0. The van der Waals surface area contributed by atoms with Crippen LogP contribution in [0.3, 0.4) is 0 Å². The number of piperazine rings is 1. The summed E-state index contributed by atoms with van der Waals surface area (Å²) in [6, 6.07) is -0.000317. The molecule has 8 heteroatoms. The van der Waals surface area contributed by atoms with E-state index < -0.39 is 0 Å². The number of carbonyl (C=O) groups is 1. The van der Waals surface area contributed by atoms with Gasteiger partial charge in [-0.25, -0.2) is 0 Å². The third kappa shape index (κ3) is 6.95. The standard InChI is InChI=1S/C21H40N6O.HI/c1-18(20(28)26-10-4-5-11-26)25-14-16-27(17-15-25)21(22-2)23-9-6-19-7-12-24(3)13-8-19;/h18-19H,4-17H2,1-3H3,(H,22,23);1H. The van der Waals surface area contributed by atoms with E-state index in [4.69, 9.17) is 0 Å². The lowest BCUT2D eigenvalue weighted by atomic mass is 9.94. The van der Waals surface area contributed by atoms with Gasteiger partial charge in [0.2, 0.25) is 5.91 Å². The molecule has 0 radical (unpaired) electrons. The number of nitrogens with zero attached hydrogens (tertiary/aromatic N) is 5. The van der Waals surface area contributed by atoms with E-state index in [9.17, 15) is 4.79 Å². The predicted octanol–water partition coefficient (Wildman–Crippen LogP) is 1.54. The molecular formula is C21H41IN6O. The Morgan fingerprint density at radius 1 is 1.00 bits per heavy atom. The van der Waals surface area contributed by atoms with Crippen LogP contribution in [-0.4, -0.2) is 111 Å². The number of aliphatic imine (C=N–C) groups is 1. The second-order valence-corrected chi connectivity index (χ2v) is 8.74. The highest BCUT2D eigenvalue weighted by Gasteiger charge is 2.30. The van der Waals surface area contributed by atoms with Crippen LogP contribution in [0.2, 0.25) is 0 Å². The molecule has 7 nitrogen and oxygen atoms in total. The molecule has 3 saturated heterocycles. The van der Waals surface area contributed by atoms with Gasteiger partial charge in [0.25, 0.3) is 0 Å². The van der Waals surface area contributed by atoms with Crippen molar-refractivity contribution >= 4 is 35.8 Å². The molecule has 3 fully saturated rings. The molecule has 0 aromatic carbocycles. The van der Waals surface area contributed by atoms with Crippen LogP contribution in [0.5, 0.6) is 0 Å². The quantitative estimate of drug-likeness (QED) is 0.339. The van der Waals surface area contributed by atoms with Crippen LogP contribution in [0.15, 0.2) is 4.99 Å². The normalized spacial score (nSPS) is 23.8. The molecule has 168 valence electrons. The minimum absolute atomic E-state index is 0. The lowest BCUT2D eigenvalue weighted by molar-refractivity contribution is -0.135. The van der Waals surface area contributed by atoms with Crippen molar-refractivity contribution < 1.29 is 4.79 Å². The summed E-state index contributed by atoms with van der Waals surface area (Å²) in [7, 11) is 4.10. The van der Waals surface area contributed by atoms with Gasteiger partial charge < -0.3 is 20.0 Å². The third-order valence-corrected chi connectivity index (χ3v) is 6.82. The van der Waals surface area contributed by atoms with E-state index in [0.29, 0.717) is 5.91 Å². The van der Waals surface area contributed by atoms with Gasteiger partial charge in [0.1, 0.15) is 0 Å². The van der Waals surface area contributed by atoms with Gasteiger partial charge >= 0.3 is 0 Å². The zero-order valence-corrected chi connectivity index (χ0v) is 20.9. The first-order chi connectivity index (χ1) is 13.6. The summed E-state index contributed by atoms with van der Waals surface area (Å²) in [6.45, 7) is 11.2. The number of piperidine rings is 1. The average molecular weight is 521 g/mol. The van der Waals surface area contributed by atoms with Gasteiger partial charge in [0.15, 0.2) is 5.96 Å². The van der Waals surface area contributed by atoms with Gasteiger partial charge in [-0.05, 0) is 65.1 Å². The maximum atomic E-state index is 12.7. The fourth-order valence-electron chi connectivity index (χ4n) is 4.75. The van der Waals surface area contributed by atoms with Crippen molar-refractivity contribution in [3.8, 4) is 0 Å². The average Bonchev–Trinajstić information content (AvgIpc) is 3.26. The number of guanidine groups is 1. The van der Waals surface area contributed by atoms with E-state index in [1.54, 1.807) is 0 Å². The van der Waals surface area contributed by atoms with Gasteiger partial charge in [-0.1, -0.05) is 0 Å².